The molecule has 2 N–H and O–H groups in total. The summed E-state index contributed by atoms with van der Waals surface area (Å²) in [4.78, 5) is 11.4. The molecule has 0 bridgehead atoms. The van der Waals surface area contributed by atoms with Gasteiger partial charge >= 0.3 is 0 Å². The lowest BCUT2D eigenvalue weighted by atomic mass is 10.1. The SMILES string of the molecule is CN=C(NCCc1nnc2ccccn12)NC1CCN(c2cccc(C)n2)CC1. The number of rotatable bonds is 5. The van der Waals surface area contributed by atoms with E-state index in [1.165, 1.54) is 0 Å². The number of fused-ring (bicyclic) bond motifs is 1. The minimum Gasteiger partial charge on any atom is -0.356 e. The Labute approximate surface area is 171 Å². The van der Waals surface area contributed by atoms with Crippen molar-refractivity contribution in [2.24, 2.45) is 4.99 Å². The number of guanidine groups is 1. The molecule has 0 amide bonds. The van der Waals surface area contributed by atoms with Crippen LogP contribution in [0.1, 0.15) is 24.4 Å². The second kappa shape index (κ2) is 8.89. The van der Waals surface area contributed by atoms with Crippen molar-refractivity contribution in [3.63, 3.8) is 0 Å². The Morgan fingerprint density at radius 2 is 2.00 bits per heavy atom. The largest absolute Gasteiger partial charge is 0.356 e. The molecule has 29 heavy (non-hydrogen) atoms. The molecule has 8 nitrogen and oxygen atoms in total. The summed E-state index contributed by atoms with van der Waals surface area (Å²) in [6.07, 6.45) is 4.90. The standard InChI is InChI=1S/C21H28N8/c1-16-6-5-8-18(24-16)28-14-10-17(11-15-28)25-21(22-2)23-12-9-20-27-26-19-7-3-4-13-29(19)20/h3-8,13,17H,9-12,14-15H2,1-2H3,(H2,22,23,25). The highest BCUT2D eigenvalue weighted by Crippen LogP contribution is 2.18. The molecule has 4 rings (SSSR count). The number of hydrogen-bond acceptors (Lipinski definition) is 5. The Kier molecular flexibility index (Phi) is 5.88. The van der Waals surface area contributed by atoms with E-state index in [0.29, 0.717) is 6.04 Å². The van der Waals surface area contributed by atoms with Gasteiger partial charge in [0.15, 0.2) is 11.6 Å². The number of aliphatic imine (C=N–C) groups is 1. The van der Waals surface area contributed by atoms with Crippen LogP contribution in [0.4, 0.5) is 5.82 Å². The predicted molar refractivity (Wildman–Crippen MR) is 115 cm³/mol. The molecule has 152 valence electrons. The highest BCUT2D eigenvalue weighted by atomic mass is 15.3. The van der Waals surface area contributed by atoms with Crippen molar-refractivity contribution in [3.8, 4) is 0 Å². The molecular weight excluding hydrogens is 364 g/mol. The third-order valence-corrected chi connectivity index (χ3v) is 5.28. The van der Waals surface area contributed by atoms with E-state index in [4.69, 9.17) is 0 Å². The minimum atomic E-state index is 0.413. The summed E-state index contributed by atoms with van der Waals surface area (Å²) >= 11 is 0. The van der Waals surface area contributed by atoms with Gasteiger partial charge < -0.3 is 15.5 Å². The van der Waals surface area contributed by atoms with Gasteiger partial charge in [-0.1, -0.05) is 12.1 Å². The van der Waals surface area contributed by atoms with E-state index < -0.39 is 0 Å². The summed E-state index contributed by atoms with van der Waals surface area (Å²) in [5, 5.41) is 15.4. The first kappa shape index (κ1) is 19.2. The van der Waals surface area contributed by atoms with Crippen LogP contribution in [-0.4, -0.2) is 58.3 Å². The predicted octanol–water partition coefficient (Wildman–Crippen LogP) is 1.81. The number of nitrogens with one attached hydrogen (secondary N) is 2. The minimum absolute atomic E-state index is 0.413. The quantitative estimate of drug-likeness (QED) is 0.509. The highest BCUT2D eigenvalue weighted by Gasteiger charge is 2.21. The van der Waals surface area contributed by atoms with Gasteiger partial charge in [-0.25, -0.2) is 4.98 Å². The molecule has 0 atom stereocenters. The van der Waals surface area contributed by atoms with E-state index in [0.717, 1.165) is 67.8 Å². The molecule has 0 unspecified atom stereocenters. The number of anilines is 1. The lowest BCUT2D eigenvalue weighted by molar-refractivity contribution is 0.459. The average molecular weight is 393 g/mol. The number of aryl methyl sites for hydroxylation is 1. The second-order valence-corrected chi connectivity index (χ2v) is 7.34. The Bertz CT molecular complexity index is 971. The van der Waals surface area contributed by atoms with E-state index in [1.54, 1.807) is 0 Å². The molecule has 1 saturated heterocycles. The number of piperidine rings is 1. The highest BCUT2D eigenvalue weighted by molar-refractivity contribution is 5.80. The lowest BCUT2D eigenvalue weighted by Crippen LogP contribution is -2.49. The molecule has 3 aromatic heterocycles. The molecule has 3 aromatic rings. The monoisotopic (exact) mass is 392 g/mol. The maximum absolute atomic E-state index is 4.64. The van der Waals surface area contributed by atoms with Crippen LogP contribution in [0.3, 0.4) is 0 Å². The molecule has 8 heteroatoms. The van der Waals surface area contributed by atoms with Crippen molar-refractivity contribution in [1.82, 2.24) is 30.2 Å². The molecule has 1 aliphatic rings. The molecule has 0 aromatic carbocycles. The van der Waals surface area contributed by atoms with Crippen LogP contribution in [0, 0.1) is 6.92 Å². The summed E-state index contributed by atoms with van der Waals surface area (Å²) < 4.78 is 2.02. The fraction of sp³-hybridized carbons (Fsp3) is 0.429. The Balaban J connectivity index is 1.24. The number of hydrogen-bond donors (Lipinski definition) is 2. The van der Waals surface area contributed by atoms with Crippen LogP contribution < -0.4 is 15.5 Å². The molecule has 0 spiro atoms. The Morgan fingerprint density at radius 1 is 1.14 bits per heavy atom. The van der Waals surface area contributed by atoms with Crippen molar-refractivity contribution in [1.29, 1.82) is 0 Å². The third kappa shape index (κ3) is 4.64. The fourth-order valence-electron chi connectivity index (χ4n) is 3.70. The number of aromatic nitrogens is 4. The zero-order chi connectivity index (χ0) is 20.1. The van der Waals surface area contributed by atoms with Gasteiger partial charge in [0.05, 0.1) is 0 Å². The summed E-state index contributed by atoms with van der Waals surface area (Å²) in [6.45, 7) is 4.78. The number of nitrogens with zero attached hydrogens (tertiary/aromatic N) is 6. The van der Waals surface area contributed by atoms with Crippen LogP contribution in [0.2, 0.25) is 0 Å². The lowest BCUT2D eigenvalue weighted by Gasteiger charge is -2.34. The van der Waals surface area contributed by atoms with Gasteiger partial charge in [-0.3, -0.25) is 9.39 Å². The van der Waals surface area contributed by atoms with Crippen LogP contribution in [0.15, 0.2) is 47.6 Å². The van der Waals surface area contributed by atoms with Crippen molar-refractivity contribution >= 4 is 17.4 Å². The Morgan fingerprint density at radius 3 is 2.79 bits per heavy atom. The summed E-state index contributed by atoms with van der Waals surface area (Å²) in [6, 6.07) is 12.5. The normalized spacial score (nSPS) is 15.7. The van der Waals surface area contributed by atoms with E-state index in [2.05, 4.69) is 47.8 Å². The first-order valence-corrected chi connectivity index (χ1v) is 10.2. The average Bonchev–Trinajstić information content (AvgIpc) is 3.17. The maximum atomic E-state index is 4.64. The number of pyridine rings is 2. The fourth-order valence-corrected chi connectivity index (χ4v) is 3.70. The first-order valence-electron chi connectivity index (χ1n) is 10.2. The topological polar surface area (TPSA) is 82.7 Å². The van der Waals surface area contributed by atoms with Gasteiger partial charge in [0.25, 0.3) is 0 Å². The van der Waals surface area contributed by atoms with E-state index in [1.807, 2.05) is 48.8 Å². The van der Waals surface area contributed by atoms with E-state index >= 15 is 0 Å². The molecular formula is C21H28N8. The molecule has 1 aliphatic heterocycles. The summed E-state index contributed by atoms with van der Waals surface area (Å²) in [5.74, 6) is 2.86. The van der Waals surface area contributed by atoms with Gasteiger partial charge in [-0.2, -0.15) is 0 Å². The van der Waals surface area contributed by atoms with Gasteiger partial charge in [0, 0.05) is 51.0 Å². The molecule has 1 fully saturated rings. The van der Waals surface area contributed by atoms with Crippen LogP contribution in [0.25, 0.3) is 5.65 Å². The van der Waals surface area contributed by atoms with E-state index in [9.17, 15) is 0 Å². The smallest absolute Gasteiger partial charge is 0.191 e. The van der Waals surface area contributed by atoms with Crippen LogP contribution >= 0.6 is 0 Å². The van der Waals surface area contributed by atoms with Crippen LogP contribution in [0.5, 0.6) is 0 Å². The van der Waals surface area contributed by atoms with Gasteiger partial charge in [0.2, 0.25) is 0 Å². The zero-order valence-electron chi connectivity index (χ0n) is 17.0. The van der Waals surface area contributed by atoms with Crippen molar-refractivity contribution in [2.45, 2.75) is 32.2 Å². The second-order valence-electron chi connectivity index (χ2n) is 7.34. The molecule has 0 aliphatic carbocycles. The van der Waals surface area contributed by atoms with Crippen molar-refractivity contribution in [3.05, 3.63) is 54.1 Å². The Hall–Kier alpha value is -3.16. The van der Waals surface area contributed by atoms with Crippen molar-refractivity contribution < 1.29 is 0 Å². The zero-order valence-corrected chi connectivity index (χ0v) is 17.0. The van der Waals surface area contributed by atoms with Crippen LogP contribution in [-0.2, 0) is 6.42 Å². The molecule has 4 heterocycles. The molecule has 0 radical (unpaired) electrons. The maximum Gasteiger partial charge on any atom is 0.191 e. The van der Waals surface area contributed by atoms with E-state index in [-0.39, 0.29) is 0 Å². The summed E-state index contributed by atoms with van der Waals surface area (Å²) in [5.41, 5.74) is 1.94. The van der Waals surface area contributed by atoms with Gasteiger partial charge in [0.1, 0.15) is 11.6 Å². The summed E-state index contributed by atoms with van der Waals surface area (Å²) in [7, 11) is 1.81. The van der Waals surface area contributed by atoms with Gasteiger partial charge in [-0.05, 0) is 44.0 Å². The first-order chi connectivity index (χ1) is 14.2. The van der Waals surface area contributed by atoms with Crippen molar-refractivity contribution in [2.75, 3.05) is 31.6 Å². The van der Waals surface area contributed by atoms with Gasteiger partial charge in [-0.15, -0.1) is 10.2 Å². The molecule has 0 saturated carbocycles. The third-order valence-electron chi connectivity index (χ3n) is 5.28.